The summed E-state index contributed by atoms with van der Waals surface area (Å²) in [7, 11) is 0. The first kappa shape index (κ1) is 15.3. The Balaban J connectivity index is 1.85. The molecule has 21 heavy (non-hydrogen) atoms. The van der Waals surface area contributed by atoms with Crippen LogP contribution < -0.4 is 11.1 Å². The van der Waals surface area contributed by atoms with E-state index in [2.05, 4.69) is 17.2 Å². The van der Waals surface area contributed by atoms with Crippen LogP contribution in [0.4, 0.5) is 0 Å². The summed E-state index contributed by atoms with van der Waals surface area (Å²) in [6, 6.07) is 11.9. The Kier molecular flexibility index (Phi) is 5.56. The van der Waals surface area contributed by atoms with Gasteiger partial charge in [-0.05, 0) is 24.6 Å². The number of hydrogen-bond donors (Lipinski definition) is 2. The van der Waals surface area contributed by atoms with Gasteiger partial charge in [-0.1, -0.05) is 41.7 Å². The minimum Gasteiger partial charge on any atom is -0.351 e. The SMILES string of the molecule is Cc1cccc(CC(=O)NCc2ccc(C#CCN)s2)c1. The number of rotatable bonds is 4. The highest BCUT2D eigenvalue weighted by atomic mass is 32.1. The van der Waals surface area contributed by atoms with Gasteiger partial charge in [-0.25, -0.2) is 0 Å². The second kappa shape index (κ2) is 7.63. The maximum absolute atomic E-state index is 11.9. The quantitative estimate of drug-likeness (QED) is 0.851. The van der Waals surface area contributed by atoms with Gasteiger partial charge < -0.3 is 11.1 Å². The highest BCUT2D eigenvalue weighted by Crippen LogP contribution is 2.15. The van der Waals surface area contributed by atoms with Crippen LogP contribution in [0.5, 0.6) is 0 Å². The molecule has 0 atom stereocenters. The number of carbonyl (C=O) groups is 1. The van der Waals surface area contributed by atoms with Crippen LogP contribution in [0, 0.1) is 18.8 Å². The number of nitrogens with two attached hydrogens (primary N) is 1. The van der Waals surface area contributed by atoms with E-state index in [1.165, 1.54) is 5.56 Å². The van der Waals surface area contributed by atoms with Crippen molar-refractivity contribution in [1.82, 2.24) is 5.32 Å². The van der Waals surface area contributed by atoms with Gasteiger partial charge in [0, 0.05) is 4.88 Å². The molecule has 0 fully saturated rings. The summed E-state index contributed by atoms with van der Waals surface area (Å²) in [5.74, 6) is 5.84. The predicted molar refractivity (Wildman–Crippen MR) is 87.0 cm³/mol. The lowest BCUT2D eigenvalue weighted by Gasteiger charge is -2.04. The lowest BCUT2D eigenvalue weighted by atomic mass is 10.1. The molecule has 1 amide bonds. The van der Waals surface area contributed by atoms with Crippen molar-refractivity contribution in [2.24, 2.45) is 5.73 Å². The molecule has 2 rings (SSSR count). The average Bonchev–Trinajstić information content (AvgIpc) is 2.91. The normalized spacial score (nSPS) is 9.81. The molecule has 0 aliphatic heterocycles. The van der Waals surface area contributed by atoms with E-state index in [9.17, 15) is 4.79 Å². The highest BCUT2D eigenvalue weighted by molar-refractivity contribution is 7.12. The number of aryl methyl sites for hydroxylation is 1. The fourth-order valence-corrected chi connectivity index (χ4v) is 2.76. The Morgan fingerprint density at radius 3 is 2.95 bits per heavy atom. The van der Waals surface area contributed by atoms with Crippen molar-refractivity contribution in [1.29, 1.82) is 0 Å². The molecule has 1 aromatic heterocycles. The topological polar surface area (TPSA) is 55.1 Å². The van der Waals surface area contributed by atoms with Gasteiger partial charge in [-0.15, -0.1) is 11.3 Å². The number of benzene rings is 1. The van der Waals surface area contributed by atoms with E-state index in [-0.39, 0.29) is 5.91 Å². The van der Waals surface area contributed by atoms with Crippen molar-refractivity contribution < 1.29 is 4.79 Å². The number of hydrogen-bond acceptors (Lipinski definition) is 3. The van der Waals surface area contributed by atoms with E-state index in [0.29, 0.717) is 19.5 Å². The van der Waals surface area contributed by atoms with Crippen molar-refractivity contribution in [3.8, 4) is 11.8 Å². The summed E-state index contributed by atoms with van der Waals surface area (Å²) < 4.78 is 0. The third kappa shape index (κ3) is 5.07. The third-order valence-electron chi connectivity index (χ3n) is 2.88. The van der Waals surface area contributed by atoms with Crippen LogP contribution in [0.25, 0.3) is 0 Å². The van der Waals surface area contributed by atoms with Gasteiger partial charge in [0.25, 0.3) is 0 Å². The van der Waals surface area contributed by atoms with E-state index in [1.54, 1.807) is 11.3 Å². The summed E-state index contributed by atoms with van der Waals surface area (Å²) in [5, 5.41) is 2.93. The molecule has 3 nitrogen and oxygen atoms in total. The molecule has 0 aliphatic carbocycles. The lowest BCUT2D eigenvalue weighted by molar-refractivity contribution is -0.120. The summed E-state index contributed by atoms with van der Waals surface area (Å²) in [6.07, 6.45) is 0.410. The van der Waals surface area contributed by atoms with E-state index in [0.717, 1.165) is 15.3 Å². The van der Waals surface area contributed by atoms with Gasteiger partial charge in [0.15, 0.2) is 0 Å². The van der Waals surface area contributed by atoms with Crippen LogP contribution in [-0.2, 0) is 17.8 Å². The average molecular weight is 298 g/mol. The van der Waals surface area contributed by atoms with Gasteiger partial charge >= 0.3 is 0 Å². The third-order valence-corrected chi connectivity index (χ3v) is 3.88. The second-order valence-corrected chi connectivity index (χ2v) is 5.88. The standard InChI is InChI=1S/C17H18N2OS/c1-13-4-2-5-14(10-13)11-17(20)19-12-16-8-7-15(21-16)6-3-9-18/h2,4-5,7-8,10H,9,11-12,18H2,1H3,(H,19,20). The minimum atomic E-state index is 0.0311. The molecule has 0 radical (unpaired) electrons. The predicted octanol–water partition coefficient (Wildman–Crippen LogP) is 2.23. The van der Waals surface area contributed by atoms with Gasteiger partial charge in [0.05, 0.1) is 24.4 Å². The summed E-state index contributed by atoms with van der Waals surface area (Å²) >= 11 is 1.58. The largest absolute Gasteiger partial charge is 0.351 e. The first-order valence-electron chi connectivity index (χ1n) is 6.77. The monoisotopic (exact) mass is 298 g/mol. The van der Waals surface area contributed by atoms with Crippen LogP contribution in [-0.4, -0.2) is 12.5 Å². The zero-order valence-electron chi connectivity index (χ0n) is 12.0. The van der Waals surface area contributed by atoms with E-state index in [1.807, 2.05) is 43.3 Å². The Morgan fingerprint density at radius 2 is 2.19 bits per heavy atom. The molecule has 108 valence electrons. The molecule has 0 saturated carbocycles. The van der Waals surface area contributed by atoms with Gasteiger partial charge in [0.2, 0.25) is 5.91 Å². The molecular weight excluding hydrogens is 280 g/mol. The Labute approximate surface area is 129 Å². The van der Waals surface area contributed by atoms with Crippen molar-refractivity contribution in [2.45, 2.75) is 19.9 Å². The van der Waals surface area contributed by atoms with Crippen molar-refractivity contribution in [2.75, 3.05) is 6.54 Å². The minimum absolute atomic E-state index is 0.0311. The van der Waals surface area contributed by atoms with Crippen molar-refractivity contribution >= 4 is 17.2 Å². The molecule has 0 saturated heterocycles. The van der Waals surface area contributed by atoms with E-state index in [4.69, 9.17) is 5.73 Å². The van der Waals surface area contributed by atoms with E-state index >= 15 is 0 Å². The molecule has 1 heterocycles. The lowest BCUT2D eigenvalue weighted by Crippen LogP contribution is -2.24. The molecule has 4 heteroatoms. The first-order valence-corrected chi connectivity index (χ1v) is 7.59. The molecule has 3 N–H and O–H groups in total. The number of nitrogens with one attached hydrogen (secondary N) is 1. The number of thiophene rings is 1. The second-order valence-electron chi connectivity index (χ2n) is 4.71. The number of amides is 1. The molecule has 0 aliphatic rings. The fraction of sp³-hybridized carbons (Fsp3) is 0.235. The van der Waals surface area contributed by atoms with Gasteiger partial charge in [-0.2, -0.15) is 0 Å². The van der Waals surface area contributed by atoms with Gasteiger partial charge in [0.1, 0.15) is 0 Å². The van der Waals surface area contributed by atoms with Crippen LogP contribution in [0.3, 0.4) is 0 Å². The molecule has 0 unspecified atom stereocenters. The van der Waals surface area contributed by atoms with Crippen molar-refractivity contribution in [3.05, 3.63) is 57.3 Å². The van der Waals surface area contributed by atoms with Crippen molar-refractivity contribution in [3.63, 3.8) is 0 Å². The maximum atomic E-state index is 11.9. The van der Waals surface area contributed by atoms with Gasteiger partial charge in [-0.3, -0.25) is 4.79 Å². The summed E-state index contributed by atoms with van der Waals surface area (Å²) in [6.45, 7) is 2.93. The Morgan fingerprint density at radius 1 is 1.33 bits per heavy atom. The molecule has 1 aromatic carbocycles. The fourth-order valence-electron chi connectivity index (χ4n) is 1.93. The molecule has 0 bridgehead atoms. The zero-order valence-corrected chi connectivity index (χ0v) is 12.8. The Hall–Kier alpha value is -2.09. The van der Waals surface area contributed by atoms with E-state index < -0.39 is 0 Å². The Bertz CT molecular complexity index is 679. The van der Waals surface area contributed by atoms with Crippen LogP contribution in [0.15, 0.2) is 36.4 Å². The first-order chi connectivity index (χ1) is 10.2. The summed E-state index contributed by atoms with van der Waals surface area (Å²) in [5.41, 5.74) is 7.54. The summed E-state index contributed by atoms with van der Waals surface area (Å²) in [4.78, 5) is 14.0. The molecule has 2 aromatic rings. The smallest absolute Gasteiger partial charge is 0.224 e. The van der Waals surface area contributed by atoms with Crippen LogP contribution in [0.2, 0.25) is 0 Å². The number of carbonyl (C=O) groups excluding carboxylic acids is 1. The van der Waals surface area contributed by atoms with Crippen LogP contribution in [0.1, 0.15) is 20.9 Å². The van der Waals surface area contributed by atoms with Crippen LogP contribution >= 0.6 is 11.3 Å². The highest BCUT2D eigenvalue weighted by Gasteiger charge is 2.04. The molecular formula is C17H18N2OS. The molecule has 0 spiro atoms. The zero-order chi connectivity index (χ0) is 15.1. The maximum Gasteiger partial charge on any atom is 0.224 e.